The van der Waals surface area contributed by atoms with Crippen LogP contribution in [-0.4, -0.2) is 21.1 Å². The fraction of sp³-hybridized carbons (Fsp3) is 0.0909. The summed E-state index contributed by atoms with van der Waals surface area (Å²) >= 11 is 3.48. The molecule has 0 saturated carbocycles. The van der Waals surface area contributed by atoms with Crippen LogP contribution in [0.1, 0.15) is 21.7 Å². The Morgan fingerprint density at radius 2 is 1.79 bits per heavy atom. The van der Waals surface area contributed by atoms with Crippen LogP contribution in [0.15, 0.2) is 71.3 Å². The second-order valence-corrected chi connectivity index (χ2v) is 7.51. The molecule has 2 heterocycles. The Kier molecular flexibility index (Phi) is 5.48. The van der Waals surface area contributed by atoms with Gasteiger partial charge in [-0.1, -0.05) is 46.3 Å². The second-order valence-electron chi connectivity index (χ2n) is 6.59. The molecule has 0 fully saturated rings. The molecule has 0 bridgehead atoms. The Balaban J connectivity index is 1.61. The molecule has 0 aliphatic carbocycles. The summed E-state index contributed by atoms with van der Waals surface area (Å²) in [6.07, 6.45) is 3.00. The number of primary amides is 1. The summed E-state index contributed by atoms with van der Waals surface area (Å²) in [5.41, 5.74) is 8.41. The van der Waals surface area contributed by atoms with E-state index in [0.717, 1.165) is 32.2 Å². The van der Waals surface area contributed by atoms with Crippen molar-refractivity contribution in [3.05, 3.63) is 88.3 Å². The number of pyridine rings is 1. The summed E-state index contributed by atoms with van der Waals surface area (Å²) in [6.45, 7) is 0. The number of fused-ring (bicyclic) bond motifs is 1. The van der Waals surface area contributed by atoms with Gasteiger partial charge in [0.05, 0.1) is 5.69 Å². The maximum Gasteiger partial charge on any atom is 0.267 e. The van der Waals surface area contributed by atoms with Gasteiger partial charge in [0.25, 0.3) is 5.91 Å². The van der Waals surface area contributed by atoms with Crippen molar-refractivity contribution in [1.29, 1.82) is 0 Å². The molecule has 0 atom stereocenters. The van der Waals surface area contributed by atoms with Crippen LogP contribution in [0.25, 0.3) is 10.8 Å². The van der Waals surface area contributed by atoms with Crippen molar-refractivity contribution < 1.29 is 4.79 Å². The monoisotopic (exact) mass is 447 g/mol. The first-order valence-electron chi connectivity index (χ1n) is 9.12. The van der Waals surface area contributed by atoms with Crippen molar-refractivity contribution in [2.24, 2.45) is 5.73 Å². The topological polar surface area (TPSA) is 93.8 Å². The highest BCUT2D eigenvalue weighted by Crippen LogP contribution is 2.27. The minimum atomic E-state index is -0.528. The molecule has 6 nitrogen and oxygen atoms in total. The molecule has 2 aromatic heterocycles. The van der Waals surface area contributed by atoms with E-state index in [-0.39, 0.29) is 5.69 Å². The summed E-state index contributed by atoms with van der Waals surface area (Å²) in [5.74, 6) is 0.183. The van der Waals surface area contributed by atoms with E-state index in [2.05, 4.69) is 36.4 Å². The molecule has 0 radical (unpaired) electrons. The molecule has 4 rings (SSSR count). The minimum absolute atomic E-state index is 0.270. The lowest BCUT2D eigenvalue weighted by Crippen LogP contribution is -2.13. The number of hydrogen-bond donors (Lipinski definition) is 2. The van der Waals surface area contributed by atoms with Gasteiger partial charge >= 0.3 is 0 Å². The zero-order valence-corrected chi connectivity index (χ0v) is 17.1. The van der Waals surface area contributed by atoms with E-state index in [0.29, 0.717) is 18.7 Å². The van der Waals surface area contributed by atoms with Gasteiger partial charge in [-0.3, -0.25) is 9.78 Å². The van der Waals surface area contributed by atoms with Crippen LogP contribution < -0.4 is 11.1 Å². The molecular formula is C22H18BrN5O. The Labute approximate surface area is 176 Å². The number of benzene rings is 2. The van der Waals surface area contributed by atoms with E-state index in [1.807, 2.05) is 54.6 Å². The Bertz CT molecular complexity index is 1190. The first kappa shape index (κ1) is 19.0. The van der Waals surface area contributed by atoms with Crippen LogP contribution in [-0.2, 0) is 12.8 Å². The fourth-order valence-corrected chi connectivity index (χ4v) is 3.57. The van der Waals surface area contributed by atoms with Crippen LogP contribution in [0.3, 0.4) is 0 Å². The molecule has 0 aliphatic heterocycles. The van der Waals surface area contributed by atoms with Crippen molar-refractivity contribution in [2.75, 3.05) is 5.32 Å². The van der Waals surface area contributed by atoms with Crippen molar-refractivity contribution in [2.45, 2.75) is 12.8 Å². The van der Waals surface area contributed by atoms with Gasteiger partial charge in [-0.05, 0) is 48.7 Å². The van der Waals surface area contributed by atoms with Gasteiger partial charge in [-0.15, -0.1) is 5.10 Å². The smallest absolute Gasteiger partial charge is 0.267 e. The number of anilines is 2. The number of carbonyl (C=O) groups is 1. The number of hydrogen-bond acceptors (Lipinski definition) is 5. The van der Waals surface area contributed by atoms with Gasteiger partial charge in [0.2, 0.25) is 0 Å². The lowest BCUT2D eigenvalue weighted by molar-refractivity contribution is 0.0995. The van der Waals surface area contributed by atoms with Crippen LogP contribution in [0, 0.1) is 0 Å². The third-order valence-corrected chi connectivity index (χ3v) is 5.07. The number of rotatable bonds is 6. The Morgan fingerprint density at radius 1 is 0.966 bits per heavy atom. The van der Waals surface area contributed by atoms with Crippen molar-refractivity contribution in [1.82, 2.24) is 15.2 Å². The van der Waals surface area contributed by atoms with E-state index in [1.54, 1.807) is 12.3 Å². The van der Waals surface area contributed by atoms with Crippen molar-refractivity contribution in [3.8, 4) is 0 Å². The molecular weight excluding hydrogens is 430 g/mol. The molecule has 0 unspecified atom stereocenters. The number of halogens is 1. The van der Waals surface area contributed by atoms with E-state index < -0.39 is 5.91 Å². The highest BCUT2D eigenvalue weighted by Gasteiger charge is 2.10. The highest BCUT2D eigenvalue weighted by atomic mass is 79.9. The quantitative estimate of drug-likeness (QED) is 0.456. The average Bonchev–Trinajstić information content (AvgIpc) is 2.73. The zero-order valence-electron chi connectivity index (χ0n) is 15.5. The largest absolute Gasteiger partial charge is 0.364 e. The lowest BCUT2D eigenvalue weighted by Gasteiger charge is -2.11. The number of nitrogens with zero attached hydrogens (tertiary/aromatic N) is 3. The summed E-state index contributed by atoms with van der Waals surface area (Å²) in [4.78, 5) is 15.3. The maximum absolute atomic E-state index is 11.3. The summed E-state index contributed by atoms with van der Waals surface area (Å²) in [7, 11) is 0. The SMILES string of the molecule is NC(=O)c1cc(CCc2nnc(Nc3cccc(Br)c3)c3ccccc23)ccn1. The third-order valence-electron chi connectivity index (χ3n) is 4.58. The molecule has 7 heteroatoms. The Morgan fingerprint density at radius 3 is 2.59 bits per heavy atom. The molecule has 2 aromatic carbocycles. The van der Waals surface area contributed by atoms with Gasteiger partial charge in [-0.25, -0.2) is 0 Å². The third kappa shape index (κ3) is 4.41. The van der Waals surface area contributed by atoms with Crippen LogP contribution >= 0.6 is 15.9 Å². The number of amides is 1. The van der Waals surface area contributed by atoms with Gasteiger partial charge in [0, 0.05) is 27.1 Å². The molecule has 4 aromatic rings. The molecule has 29 heavy (non-hydrogen) atoms. The van der Waals surface area contributed by atoms with E-state index in [4.69, 9.17) is 5.73 Å². The summed E-state index contributed by atoms with van der Waals surface area (Å²) in [5, 5.41) is 14.3. The number of aryl methyl sites for hydroxylation is 2. The predicted molar refractivity (Wildman–Crippen MR) is 117 cm³/mol. The van der Waals surface area contributed by atoms with Crippen LogP contribution in [0.2, 0.25) is 0 Å². The van der Waals surface area contributed by atoms with Crippen molar-refractivity contribution in [3.63, 3.8) is 0 Å². The minimum Gasteiger partial charge on any atom is -0.364 e. The molecule has 0 aliphatic rings. The fourth-order valence-electron chi connectivity index (χ4n) is 3.17. The van der Waals surface area contributed by atoms with Gasteiger partial charge in [-0.2, -0.15) is 5.10 Å². The standard InChI is InChI=1S/C22H18BrN5O/c23-15-4-3-5-16(13-15)26-22-18-7-2-1-6-17(18)19(27-28-22)9-8-14-10-11-25-20(12-14)21(24)29/h1-7,10-13H,8-9H2,(H2,24,29)(H,26,28). The number of nitrogens with two attached hydrogens (primary N) is 1. The molecule has 1 amide bonds. The normalized spacial score (nSPS) is 10.8. The Hall–Kier alpha value is -3.32. The van der Waals surface area contributed by atoms with Gasteiger partial charge in [0.1, 0.15) is 5.69 Å². The maximum atomic E-state index is 11.3. The predicted octanol–water partition coefficient (Wildman–Crippen LogP) is 4.42. The number of aromatic nitrogens is 3. The van der Waals surface area contributed by atoms with Crippen LogP contribution in [0.4, 0.5) is 11.5 Å². The average molecular weight is 448 g/mol. The molecule has 144 valence electrons. The molecule has 0 spiro atoms. The van der Waals surface area contributed by atoms with E-state index in [9.17, 15) is 4.79 Å². The van der Waals surface area contributed by atoms with E-state index in [1.165, 1.54) is 0 Å². The highest BCUT2D eigenvalue weighted by molar-refractivity contribution is 9.10. The van der Waals surface area contributed by atoms with Gasteiger partial charge < -0.3 is 11.1 Å². The molecule has 0 saturated heterocycles. The second kappa shape index (κ2) is 8.36. The number of carbonyl (C=O) groups excluding carboxylic acids is 1. The zero-order chi connectivity index (χ0) is 20.2. The van der Waals surface area contributed by atoms with Crippen molar-refractivity contribution >= 4 is 44.1 Å². The summed E-state index contributed by atoms with van der Waals surface area (Å²) < 4.78 is 0.990. The molecule has 3 N–H and O–H groups in total. The number of nitrogens with one attached hydrogen (secondary N) is 1. The summed E-state index contributed by atoms with van der Waals surface area (Å²) in [6, 6.07) is 19.6. The first-order chi connectivity index (χ1) is 14.1. The van der Waals surface area contributed by atoms with Gasteiger partial charge in [0.15, 0.2) is 5.82 Å². The first-order valence-corrected chi connectivity index (χ1v) is 9.91. The van der Waals surface area contributed by atoms with E-state index >= 15 is 0 Å². The lowest BCUT2D eigenvalue weighted by atomic mass is 10.0. The van der Waals surface area contributed by atoms with Crippen LogP contribution in [0.5, 0.6) is 0 Å².